The van der Waals surface area contributed by atoms with Crippen molar-refractivity contribution in [3.05, 3.63) is 46.8 Å². The Morgan fingerprint density at radius 1 is 1.14 bits per heavy atom. The average Bonchev–Trinajstić information content (AvgIpc) is 2.85. The fraction of sp³-hybridized carbons (Fsp3) is 0.522. The predicted octanol–water partition coefficient (Wildman–Crippen LogP) is 4.16. The molecule has 1 N–H and O–H groups in total. The van der Waals surface area contributed by atoms with E-state index in [9.17, 15) is 9.59 Å². The Hall–Kier alpha value is -2.63. The first-order valence-electron chi connectivity index (χ1n) is 10.5. The van der Waals surface area contributed by atoms with E-state index in [2.05, 4.69) is 18.9 Å². The van der Waals surface area contributed by atoms with Crippen molar-refractivity contribution in [2.45, 2.75) is 65.8 Å². The number of carbonyl (C=O) groups excluding carboxylic acids is 1. The molecule has 2 aromatic rings. The highest BCUT2D eigenvalue weighted by Crippen LogP contribution is 2.24. The number of hydrogen-bond acceptors (Lipinski definition) is 3. The molecular formula is C23H31N3O3. The van der Waals surface area contributed by atoms with Gasteiger partial charge in [0.15, 0.2) is 0 Å². The van der Waals surface area contributed by atoms with Gasteiger partial charge in [0, 0.05) is 30.3 Å². The van der Waals surface area contributed by atoms with Gasteiger partial charge in [-0.2, -0.15) is 5.10 Å². The van der Waals surface area contributed by atoms with E-state index in [1.54, 1.807) is 0 Å². The van der Waals surface area contributed by atoms with E-state index in [4.69, 9.17) is 5.11 Å². The second kappa shape index (κ2) is 8.80. The standard InChI is InChI=1S/C23H31N3O3/c1-15-6-5-7-16(2)25(14-15)23(29)19-8-10-20(11-9-19)26-18(4)21(17(3)24-26)12-13-22(27)28/h8-11,15-16H,5-7,12-14H2,1-4H3,(H,27,28). The molecule has 6 nitrogen and oxygen atoms in total. The zero-order valence-electron chi connectivity index (χ0n) is 17.8. The highest BCUT2D eigenvalue weighted by atomic mass is 16.4. The first kappa shape index (κ1) is 21.1. The zero-order chi connectivity index (χ0) is 21.1. The molecule has 1 aliphatic rings. The summed E-state index contributed by atoms with van der Waals surface area (Å²) in [4.78, 5) is 26.0. The van der Waals surface area contributed by atoms with Crippen molar-refractivity contribution in [3.8, 4) is 5.69 Å². The topological polar surface area (TPSA) is 75.4 Å². The first-order chi connectivity index (χ1) is 13.8. The van der Waals surface area contributed by atoms with Gasteiger partial charge in [-0.3, -0.25) is 9.59 Å². The molecule has 1 saturated heterocycles. The lowest BCUT2D eigenvalue weighted by atomic mass is 10.1. The minimum absolute atomic E-state index is 0.0905. The lowest BCUT2D eigenvalue weighted by Crippen LogP contribution is -2.39. The van der Waals surface area contributed by atoms with Gasteiger partial charge in [0.1, 0.15) is 0 Å². The molecule has 156 valence electrons. The second-order valence-corrected chi connectivity index (χ2v) is 8.34. The SMILES string of the molecule is Cc1nn(-c2ccc(C(=O)N3CC(C)CCCC3C)cc2)c(C)c1CCC(=O)O. The average molecular weight is 398 g/mol. The number of aryl methyl sites for hydroxylation is 1. The molecule has 1 aromatic carbocycles. The number of benzene rings is 1. The van der Waals surface area contributed by atoms with Gasteiger partial charge in [0.2, 0.25) is 0 Å². The fourth-order valence-corrected chi connectivity index (χ4v) is 4.24. The highest BCUT2D eigenvalue weighted by molar-refractivity contribution is 5.94. The largest absolute Gasteiger partial charge is 0.481 e. The molecule has 6 heteroatoms. The van der Waals surface area contributed by atoms with Crippen LogP contribution in [0.2, 0.25) is 0 Å². The van der Waals surface area contributed by atoms with Gasteiger partial charge in [0.05, 0.1) is 11.4 Å². The minimum atomic E-state index is -0.809. The van der Waals surface area contributed by atoms with E-state index in [1.807, 2.05) is 47.7 Å². The fourth-order valence-electron chi connectivity index (χ4n) is 4.24. The summed E-state index contributed by atoms with van der Waals surface area (Å²) in [5.74, 6) is -0.188. The Morgan fingerprint density at radius 2 is 1.83 bits per heavy atom. The number of nitrogens with zero attached hydrogens (tertiary/aromatic N) is 3. The summed E-state index contributed by atoms with van der Waals surface area (Å²) in [6, 6.07) is 7.83. The molecule has 2 unspecified atom stereocenters. The maximum absolute atomic E-state index is 13.1. The van der Waals surface area contributed by atoms with Crippen LogP contribution in [0, 0.1) is 19.8 Å². The van der Waals surface area contributed by atoms with Crippen molar-refractivity contribution >= 4 is 11.9 Å². The van der Waals surface area contributed by atoms with E-state index >= 15 is 0 Å². The Balaban J connectivity index is 1.81. The Kier molecular flexibility index (Phi) is 6.40. The van der Waals surface area contributed by atoms with Crippen molar-refractivity contribution < 1.29 is 14.7 Å². The molecule has 29 heavy (non-hydrogen) atoms. The maximum Gasteiger partial charge on any atom is 0.303 e. The number of aromatic nitrogens is 2. The third-order valence-electron chi connectivity index (χ3n) is 6.01. The van der Waals surface area contributed by atoms with Gasteiger partial charge in [-0.15, -0.1) is 0 Å². The van der Waals surface area contributed by atoms with Crippen LogP contribution in [-0.2, 0) is 11.2 Å². The number of hydrogen-bond donors (Lipinski definition) is 1. The Bertz CT molecular complexity index is 886. The number of carboxylic acid groups (broad SMARTS) is 1. The Morgan fingerprint density at radius 3 is 2.48 bits per heavy atom. The number of carboxylic acids is 1. The third kappa shape index (κ3) is 4.69. The van der Waals surface area contributed by atoms with Gasteiger partial charge >= 0.3 is 5.97 Å². The van der Waals surface area contributed by atoms with Crippen molar-refractivity contribution in [1.82, 2.24) is 14.7 Å². The highest BCUT2D eigenvalue weighted by Gasteiger charge is 2.26. The summed E-state index contributed by atoms with van der Waals surface area (Å²) >= 11 is 0. The van der Waals surface area contributed by atoms with Crippen molar-refractivity contribution in [2.75, 3.05) is 6.54 Å². The van der Waals surface area contributed by atoms with Gasteiger partial charge in [0.25, 0.3) is 5.91 Å². The van der Waals surface area contributed by atoms with Crippen molar-refractivity contribution in [3.63, 3.8) is 0 Å². The molecule has 0 aliphatic carbocycles. The number of carbonyl (C=O) groups is 2. The number of likely N-dealkylation sites (tertiary alicyclic amines) is 1. The summed E-state index contributed by atoms with van der Waals surface area (Å²) in [7, 11) is 0. The van der Waals surface area contributed by atoms with E-state index in [1.165, 1.54) is 12.8 Å². The monoisotopic (exact) mass is 397 g/mol. The van der Waals surface area contributed by atoms with Crippen LogP contribution in [0.4, 0.5) is 0 Å². The van der Waals surface area contributed by atoms with E-state index in [0.717, 1.165) is 35.6 Å². The number of aliphatic carboxylic acids is 1. The molecule has 2 atom stereocenters. The molecule has 2 heterocycles. The lowest BCUT2D eigenvalue weighted by molar-refractivity contribution is -0.136. The molecule has 1 amide bonds. The van der Waals surface area contributed by atoms with E-state index < -0.39 is 5.97 Å². The van der Waals surface area contributed by atoms with Crippen LogP contribution < -0.4 is 0 Å². The molecule has 3 rings (SSSR count). The van der Waals surface area contributed by atoms with Crippen LogP contribution >= 0.6 is 0 Å². The zero-order valence-corrected chi connectivity index (χ0v) is 17.8. The molecular weight excluding hydrogens is 366 g/mol. The van der Waals surface area contributed by atoms with Crippen LogP contribution in [0.25, 0.3) is 5.69 Å². The summed E-state index contributed by atoms with van der Waals surface area (Å²) < 4.78 is 1.83. The van der Waals surface area contributed by atoms with Crippen LogP contribution in [0.1, 0.15) is 66.8 Å². The molecule has 1 aromatic heterocycles. The van der Waals surface area contributed by atoms with Gasteiger partial charge in [-0.05, 0) is 75.8 Å². The summed E-state index contributed by atoms with van der Waals surface area (Å²) in [5.41, 5.74) is 4.33. The molecule has 1 fully saturated rings. The summed E-state index contributed by atoms with van der Waals surface area (Å²) in [6.45, 7) is 9.02. The van der Waals surface area contributed by atoms with Gasteiger partial charge in [-0.1, -0.05) is 13.3 Å². The van der Waals surface area contributed by atoms with Gasteiger partial charge < -0.3 is 10.0 Å². The molecule has 0 spiro atoms. The van der Waals surface area contributed by atoms with E-state index in [0.29, 0.717) is 17.9 Å². The summed E-state index contributed by atoms with van der Waals surface area (Å²) in [6.07, 6.45) is 3.96. The van der Waals surface area contributed by atoms with Crippen LogP contribution in [0.5, 0.6) is 0 Å². The van der Waals surface area contributed by atoms with Gasteiger partial charge in [-0.25, -0.2) is 4.68 Å². The molecule has 0 radical (unpaired) electrons. The number of rotatable bonds is 5. The number of amides is 1. The van der Waals surface area contributed by atoms with Crippen molar-refractivity contribution in [2.24, 2.45) is 5.92 Å². The second-order valence-electron chi connectivity index (χ2n) is 8.34. The first-order valence-corrected chi connectivity index (χ1v) is 10.5. The lowest BCUT2D eigenvalue weighted by Gasteiger charge is -2.29. The normalized spacial score (nSPS) is 19.8. The van der Waals surface area contributed by atoms with Crippen LogP contribution in [-0.4, -0.2) is 44.3 Å². The quantitative estimate of drug-likeness (QED) is 0.822. The molecule has 0 bridgehead atoms. The van der Waals surface area contributed by atoms with Crippen LogP contribution in [0.15, 0.2) is 24.3 Å². The van der Waals surface area contributed by atoms with Crippen molar-refractivity contribution in [1.29, 1.82) is 0 Å². The smallest absolute Gasteiger partial charge is 0.303 e. The summed E-state index contributed by atoms with van der Waals surface area (Å²) in [5, 5.41) is 13.5. The van der Waals surface area contributed by atoms with E-state index in [-0.39, 0.29) is 18.4 Å². The third-order valence-corrected chi connectivity index (χ3v) is 6.01. The molecule has 0 saturated carbocycles. The minimum Gasteiger partial charge on any atom is -0.481 e. The predicted molar refractivity (Wildman–Crippen MR) is 113 cm³/mol. The maximum atomic E-state index is 13.1. The Labute approximate surface area is 172 Å². The molecule has 1 aliphatic heterocycles. The van der Waals surface area contributed by atoms with Crippen LogP contribution in [0.3, 0.4) is 0 Å².